The lowest BCUT2D eigenvalue weighted by Crippen LogP contribution is -2.27. The Bertz CT molecular complexity index is 2960. The van der Waals surface area contributed by atoms with Crippen molar-refractivity contribution in [3.63, 3.8) is 0 Å². The molecule has 0 radical (unpaired) electrons. The molecular weight excluding hydrogens is 787 g/mol. The van der Waals surface area contributed by atoms with E-state index in [1.165, 1.54) is 77.9 Å². The Morgan fingerprint density at radius 2 is 1.54 bits per heavy atom. The average molecular weight is 844 g/mol. The van der Waals surface area contributed by atoms with Crippen LogP contribution in [0.15, 0.2) is 227 Å². The third kappa shape index (κ3) is 8.07. The Morgan fingerprint density at radius 3 is 2.38 bits per heavy atom. The van der Waals surface area contributed by atoms with Gasteiger partial charge in [0.1, 0.15) is 0 Å². The smallest absolute Gasteiger partial charge is 0.0957 e. The van der Waals surface area contributed by atoms with Crippen molar-refractivity contribution in [1.29, 1.82) is 0 Å². The molecular formula is C62H57N3. The Hall–Kier alpha value is -6.71. The van der Waals surface area contributed by atoms with E-state index in [9.17, 15) is 0 Å². The molecule has 0 saturated heterocycles. The summed E-state index contributed by atoms with van der Waals surface area (Å²) in [6, 6.07) is 30.5. The number of rotatable bonds is 8. The summed E-state index contributed by atoms with van der Waals surface area (Å²) >= 11 is 0. The van der Waals surface area contributed by atoms with Crippen molar-refractivity contribution in [1.82, 2.24) is 4.98 Å². The normalized spacial score (nSPS) is 27.3. The lowest BCUT2D eigenvalue weighted by molar-refractivity contribution is 0.502. The summed E-state index contributed by atoms with van der Waals surface area (Å²) in [7, 11) is 0. The summed E-state index contributed by atoms with van der Waals surface area (Å²) < 4.78 is 0. The topological polar surface area (TPSA) is 37.6 Å². The first-order valence-electron chi connectivity index (χ1n) is 23.9. The van der Waals surface area contributed by atoms with Gasteiger partial charge in [0.2, 0.25) is 0 Å². The first-order chi connectivity index (χ1) is 32.1. The molecule has 3 aromatic carbocycles. The minimum Gasteiger partial charge on any atom is -0.277 e. The number of benzene rings is 3. The second-order valence-corrected chi connectivity index (χ2v) is 18.8. The van der Waals surface area contributed by atoms with Gasteiger partial charge in [-0.2, -0.15) is 0 Å². The minimum atomic E-state index is -0.0480. The van der Waals surface area contributed by atoms with E-state index in [1.54, 1.807) is 0 Å². The Morgan fingerprint density at radius 1 is 0.692 bits per heavy atom. The molecule has 65 heavy (non-hydrogen) atoms. The van der Waals surface area contributed by atoms with Crippen LogP contribution in [0.25, 0.3) is 27.5 Å². The molecule has 0 spiro atoms. The molecule has 1 aromatic heterocycles. The largest absolute Gasteiger partial charge is 0.277 e. The summed E-state index contributed by atoms with van der Waals surface area (Å²) in [5, 5.41) is 2.54. The number of pyridine rings is 1. The second-order valence-electron chi connectivity index (χ2n) is 18.8. The fraction of sp³-hybridized carbons (Fsp3) is 0.242. The molecule has 0 bridgehead atoms. The van der Waals surface area contributed by atoms with E-state index >= 15 is 0 Å². The van der Waals surface area contributed by atoms with Crippen LogP contribution in [-0.4, -0.2) is 22.4 Å². The molecule has 2 aliphatic heterocycles. The molecule has 3 heteroatoms. The summed E-state index contributed by atoms with van der Waals surface area (Å²) in [5.74, 6) is 1.77. The van der Waals surface area contributed by atoms with Gasteiger partial charge in [-0.1, -0.05) is 182 Å². The van der Waals surface area contributed by atoms with E-state index in [0.29, 0.717) is 23.7 Å². The maximum absolute atomic E-state index is 5.84. The van der Waals surface area contributed by atoms with Crippen LogP contribution in [0.2, 0.25) is 0 Å². The van der Waals surface area contributed by atoms with Crippen LogP contribution >= 0.6 is 0 Å². The number of aromatic nitrogens is 1. The van der Waals surface area contributed by atoms with Crippen molar-refractivity contribution in [3.05, 3.63) is 240 Å². The van der Waals surface area contributed by atoms with Crippen molar-refractivity contribution < 1.29 is 0 Å². The van der Waals surface area contributed by atoms with Crippen LogP contribution in [0.3, 0.4) is 0 Å². The lowest BCUT2D eigenvalue weighted by atomic mass is 9.75. The number of hydrogen-bond acceptors (Lipinski definition) is 3. The van der Waals surface area contributed by atoms with Gasteiger partial charge in [0.15, 0.2) is 0 Å². The molecule has 7 unspecified atom stereocenters. The summed E-state index contributed by atoms with van der Waals surface area (Å²) in [5.41, 5.74) is 16.7. The van der Waals surface area contributed by atoms with Gasteiger partial charge in [-0.05, 0) is 114 Å². The standard InChI is InChI=1S/C62H57N3/c1-41-40-58(49-28-26-44(27-29-49)43-14-4-3-5-15-43)42(2)60(51-36-32-48(33-37-51)55-25-13-39-64-62(55)57-23-11-19-46-17-7-9-21-53(46)57)65-59(41)50-34-30-47(31-35-50)54-24-12-38-63-61(54)56-22-10-18-45-16-6-8-20-52(45)56/h3-23,25-26,28,30,32,34-35,38-40,46-47,51,53-54,58-59H,2,24,27,29,31,33,36-37H2,1H3. The highest BCUT2D eigenvalue weighted by atomic mass is 14.8. The number of aliphatic imine (C=N–C) groups is 2. The number of nitrogens with zero attached hydrogens (tertiary/aromatic N) is 3. The molecule has 11 rings (SSSR count). The van der Waals surface area contributed by atoms with Gasteiger partial charge >= 0.3 is 0 Å². The van der Waals surface area contributed by atoms with E-state index in [2.05, 4.69) is 183 Å². The summed E-state index contributed by atoms with van der Waals surface area (Å²) in [6.07, 6.45) is 46.1. The van der Waals surface area contributed by atoms with Crippen LogP contribution in [0, 0.1) is 35.5 Å². The maximum Gasteiger partial charge on any atom is 0.0957 e. The molecule has 3 heterocycles. The van der Waals surface area contributed by atoms with Crippen molar-refractivity contribution >= 4 is 38.9 Å². The van der Waals surface area contributed by atoms with Gasteiger partial charge in [-0.3, -0.25) is 15.0 Å². The van der Waals surface area contributed by atoms with Crippen molar-refractivity contribution in [2.24, 2.45) is 45.5 Å². The lowest BCUT2D eigenvalue weighted by Gasteiger charge is -2.31. The third-order valence-electron chi connectivity index (χ3n) is 15.0. The maximum atomic E-state index is 5.84. The van der Waals surface area contributed by atoms with E-state index in [0.717, 1.165) is 50.6 Å². The van der Waals surface area contributed by atoms with E-state index < -0.39 is 0 Å². The zero-order valence-corrected chi connectivity index (χ0v) is 37.4. The van der Waals surface area contributed by atoms with E-state index in [-0.39, 0.29) is 17.9 Å². The van der Waals surface area contributed by atoms with Gasteiger partial charge < -0.3 is 0 Å². The number of hydrogen-bond donors (Lipinski definition) is 0. The van der Waals surface area contributed by atoms with Gasteiger partial charge in [-0.25, -0.2) is 0 Å². The van der Waals surface area contributed by atoms with Crippen LogP contribution in [0.4, 0.5) is 0 Å². The minimum absolute atomic E-state index is 0.0480. The van der Waals surface area contributed by atoms with E-state index in [1.807, 2.05) is 12.4 Å². The highest BCUT2D eigenvalue weighted by molar-refractivity contribution is 6.12. The molecule has 4 aromatic rings. The first kappa shape index (κ1) is 41.0. The van der Waals surface area contributed by atoms with Gasteiger partial charge in [-0.15, -0.1) is 0 Å². The Labute approximate surface area is 385 Å². The monoisotopic (exact) mass is 843 g/mol. The quantitative estimate of drug-likeness (QED) is 0.163. The molecule has 0 saturated carbocycles. The third-order valence-corrected chi connectivity index (χ3v) is 15.0. The Kier molecular flexibility index (Phi) is 11.4. The van der Waals surface area contributed by atoms with Crippen molar-refractivity contribution in [2.75, 3.05) is 0 Å². The highest BCUT2D eigenvalue weighted by Gasteiger charge is 2.35. The molecule has 7 aliphatic rings. The van der Waals surface area contributed by atoms with Gasteiger partial charge in [0.05, 0.1) is 17.4 Å². The van der Waals surface area contributed by atoms with Gasteiger partial charge in [0.25, 0.3) is 0 Å². The molecule has 5 aliphatic carbocycles. The molecule has 0 amide bonds. The number of allylic oxidation sites excluding steroid dienone is 19. The predicted molar refractivity (Wildman–Crippen MR) is 274 cm³/mol. The molecule has 0 N–H and O–H groups in total. The highest BCUT2D eigenvalue weighted by Crippen LogP contribution is 2.44. The number of fused-ring (bicyclic) bond motifs is 2. The Balaban J connectivity index is 0.900. The summed E-state index contributed by atoms with van der Waals surface area (Å²) in [4.78, 5) is 16.0. The molecule has 7 atom stereocenters. The first-order valence-corrected chi connectivity index (χ1v) is 23.9. The molecule has 0 fully saturated rings. The predicted octanol–water partition coefficient (Wildman–Crippen LogP) is 15.0. The molecule has 3 nitrogen and oxygen atoms in total. The fourth-order valence-corrected chi connectivity index (χ4v) is 11.6. The van der Waals surface area contributed by atoms with Crippen LogP contribution in [0.1, 0.15) is 74.3 Å². The fourth-order valence-electron chi connectivity index (χ4n) is 11.6. The SMILES string of the molecule is C=C1C(C2CC=C(c3cccnc3C3=CC=CC4C=CC=CC34)CC2)=NC(C2=CCC(C3CC=CN=C3c3cccc4ccccc34)C=C2)C(C)=CC1C1=CC=C(c2ccccc2)CC1. The van der Waals surface area contributed by atoms with Crippen LogP contribution in [-0.2, 0) is 0 Å². The van der Waals surface area contributed by atoms with Crippen molar-refractivity contribution in [2.45, 2.75) is 57.9 Å². The molecule has 320 valence electrons. The van der Waals surface area contributed by atoms with Crippen LogP contribution < -0.4 is 0 Å². The second kappa shape index (κ2) is 18.0. The van der Waals surface area contributed by atoms with E-state index in [4.69, 9.17) is 21.5 Å². The zero-order valence-electron chi connectivity index (χ0n) is 37.4. The van der Waals surface area contributed by atoms with Crippen LogP contribution in [0.5, 0.6) is 0 Å². The van der Waals surface area contributed by atoms with Gasteiger partial charge in [0, 0.05) is 58.8 Å². The zero-order chi connectivity index (χ0) is 43.7. The average Bonchev–Trinajstić information content (AvgIpc) is 3.51. The summed E-state index contributed by atoms with van der Waals surface area (Å²) in [6.45, 7) is 7.26. The van der Waals surface area contributed by atoms with Crippen molar-refractivity contribution in [3.8, 4) is 0 Å².